The first-order valence-electron chi connectivity index (χ1n) is 36.7. The molecule has 0 aromatic heterocycles. The maximum Gasteiger partial charge on any atom is 0.305 e. The van der Waals surface area contributed by atoms with Crippen LogP contribution >= 0.6 is 0 Å². The lowest BCUT2D eigenvalue weighted by atomic mass is 9.95. The summed E-state index contributed by atoms with van der Waals surface area (Å²) in [6.45, 7) is 20.0. The summed E-state index contributed by atoms with van der Waals surface area (Å²) in [4.78, 5) is 59.1. The predicted molar refractivity (Wildman–Crippen MR) is 354 cm³/mol. The summed E-state index contributed by atoms with van der Waals surface area (Å²) in [6.07, 6.45) is 59.8. The van der Waals surface area contributed by atoms with E-state index < -0.39 is 0 Å². The molecule has 2 atom stereocenters. The summed E-state index contributed by atoms with van der Waals surface area (Å²) >= 11 is 0. The average Bonchev–Trinajstić information content (AvgIpc) is 3.48. The molecule has 0 aromatic rings. The average molecular weight is 1160 g/mol. The van der Waals surface area contributed by atoms with E-state index in [9.17, 15) is 19.2 Å². The molecule has 9 nitrogen and oxygen atoms in total. The molecule has 9 heteroatoms. The lowest BCUT2D eigenvalue weighted by Crippen LogP contribution is -2.34. The molecule has 2 amide bonds. The van der Waals surface area contributed by atoms with Crippen molar-refractivity contribution >= 4 is 23.8 Å². The fourth-order valence-corrected chi connectivity index (χ4v) is 11.9. The third-order valence-electron chi connectivity index (χ3n) is 17.6. The van der Waals surface area contributed by atoms with Gasteiger partial charge in [0.15, 0.2) is 0 Å². The summed E-state index contributed by atoms with van der Waals surface area (Å²) in [6, 6.07) is 0. The minimum Gasteiger partial charge on any atom is -0.465 e. The number of nitrogens with zero attached hydrogens (tertiary/aromatic N) is 3. The highest BCUT2D eigenvalue weighted by Crippen LogP contribution is 2.23. The molecule has 2 unspecified atom stereocenters. The van der Waals surface area contributed by atoms with Gasteiger partial charge >= 0.3 is 11.9 Å². The molecule has 0 fully saturated rings. The van der Waals surface area contributed by atoms with Crippen LogP contribution in [0.5, 0.6) is 0 Å². The molecule has 0 N–H and O–H groups in total. The standard InChI is InChI=1S/C73H143N3O6/c1-8-14-20-26-34-42-54-68(52-40-22-16-10-3)66-81-72(79)58-44-36-30-28-32-38-48-64-75(62-46-24-18-12-5)70(77)56-50-60-74(7)61-51-57-71(78)76(63-47-25-19-13-6)65-49-39-33-29-31-37-45-59-73(80)82-67-69(53-41-23-17-11-4)55-43-35-27-21-15-9-2/h68-69H,8-67H2,1-7H3. The minimum atomic E-state index is -0.00240. The van der Waals surface area contributed by atoms with Gasteiger partial charge in [0.1, 0.15) is 0 Å². The first-order chi connectivity index (χ1) is 40.1. The summed E-state index contributed by atoms with van der Waals surface area (Å²) in [5, 5.41) is 0. The Hall–Kier alpha value is -2.16. The molecule has 0 aliphatic rings. The van der Waals surface area contributed by atoms with Gasteiger partial charge in [0.25, 0.3) is 0 Å². The molecule has 0 rings (SSSR count). The van der Waals surface area contributed by atoms with E-state index in [4.69, 9.17) is 9.47 Å². The van der Waals surface area contributed by atoms with Crippen molar-refractivity contribution < 1.29 is 28.7 Å². The Morgan fingerprint density at radius 1 is 0.268 bits per heavy atom. The monoisotopic (exact) mass is 1160 g/mol. The van der Waals surface area contributed by atoms with Crippen molar-refractivity contribution in [2.75, 3.05) is 59.5 Å². The van der Waals surface area contributed by atoms with Crippen molar-refractivity contribution in [1.82, 2.24) is 14.7 Å². The number of unbranched alkanes of at least 4 members (excludes halogenated alkanes) is 34. The Morgan fingerprint density at radius 2 is 0.500 bits per heavy atom. The van der Waals surface area contributed by atoms with E-state index in [1.807, 2.05) is 0 Å². The molecule has 0 aliphatic heterocycles. The van der Waals surface area contributed by atoms with E-state index in [-0.39, 0.29) is 11.9 Å². The molecule has 0 bridgehead atoms. The van der Waals surface area contributed by atoms with Crippen LogP contribution in [0.2, 0.25) is 0 Å². The van der Waals surface area contributed by atoms with Gasteiger partial charge < -0.3 is 24.2 Å². The van der Waals surface area contributed by atoms with Crippen molar-refractivity contribution in [3.8, 4) is 0 Å². The number of esters is 2. The van der Waals surface area contributed by atoms with Crippen LogP contribution in [0.4, 0.5) is 0 Å². The van der Waals surface area contributed by atoms with Crippen LogP contribution < -0.4 is 0 Å². The minimum absolute atomic E-state index is 0.00240. The molecular formula is C73H143N3O6. The van der Waals surface area contributed by atoms with Crippen molar-refractivity contribution in [1.29, 1.82) is 0 Å². The Kier molecular flexibility index (Phi) is 61.7. The molecular weight excluding hydrogens is 1010 g/mol. The van der Waals surface area contributed by atoms with Gasteiger partial charge in [-0.05, 0) is 109 Å². The van der Waals surface area contributed by atoms with Gasteiger partial charge in [-0.15, -0.1) is 0 Å². The van der Waals surface area contributed by atoms with Crippen LogP contribution in [0.1, 0.15) is 375 Å². The molecule has 0 aliphatic carbocycles. The maximum absolute atomic E-state index is 13.6. The molecule has 0 saturated heterocycles. The van der Waals surface area contributed by atoms with E-state index in [0.29, 0.717) is 62.5 Å². The van der Waals surface area contributed by atoms with Crippen molar-refractivity contribution in [2.24, 2.45) is 11.8 Å². The van der Waals surface area contributed by atoms with E-state index in [0.717, 1.165) is 129 Å². The topological polar surface area (TPSA) is 96.5 Å². The van der Waals surface area contributed by atoms with Gasteiger partial charge in [0.2, 0.25) is 11.8 Å². The normalized spacial score (nSPS) is 12.3. The number of amides is 2. The second-order valence-electron chi connectivity index (χ2n) is 25.8. The third kappa shape index (κ3) is 54.5. The van der Waals surface area contributed by atoms with Crippen LogP contribution in [-0.2, 0) is 28.7 Å². The Balaban J connectivity index is 4.55. The summed E-state index contributed by atoms with van der Waals surface area (Å²) < 4.78 is 11.7. The number of rotatable bonds is 66. The van der Waals surface area contributed by atoms with Crippen molar-refractivity contribution in [2.45, 2.75) is 375 Å². The van der Waals surface area contributed by atoms with E-state index in [1.165, 1.54) is 218 Å². The zero-order valence-corrected chi connectivity index (χ0v) is 56.4. The van der Waals surface area contributed by atoms with Gasteiger partial charge in [0.05, 0.1) is 13.2 Å². The highest BCUT2D eigenvalue weighted by atomic mass is 16.5. The highest BCUT2D eigenvalue weighted by molar-refractivity contribution is 5.76. The Morgan fingerprint density at radius 3 is 0.793 bits per heavy atom. The zero-order valence-electron chi connectivity index (χ0n) is 56.4. The largest absolute Gasteiger partial charge is 0.465 e. The molecule has 82 heavy (non-hydrogen) atoms. The molecule has 0 spiro atoms. The number of hydrogen-bond acceptors (Lipinski definition) is 7. The molecule has 486 valence electrons. The van der Waals surface area contributed by atoms with Gasteiger partial charge in [-0.1, -0.05) is 273 Å². The molecule has 0 aromatic carbocycles. The van der Waals surface area contributed by atoms with Gasteiger partial charge in [-0.2, -0.15) is 0 Å². The van der Waals surface area contributed by atoms with E-state index in [1.54, 1.807) is 0 Å². The fourth-order valence-electron chi connectivity index (χ4n) is 11.9. The van der Waals surface area contributed by atoms with Crippen LogP contribution in [0, 0.1) is 11.8 Å². The first-order valence-corrected chi connectivity index (χ1v) is 36.7. The van der Waals surface area contributed by atoms with Crippen LogP contribution in [0.15, 0.2) is 0 Å². The summed E-state index contributed by atoms with van der Waals surface area (Å²) in [5.74, 6) is 1.65. The maximum atomic E-state index is 13.6. The molecule has 0 heterocycles. The zero-order chi connectivity index (χ0) is 60.0. The number of hydrogen-bond donors (Lipinski definition) is 0. The summed E-state index contributed by atoms with van der Waals surface area (Å²) in [7, 11) is 2.14. The second-order valence-corrected chi connectivity index (χ2v) is 25.8. The molecule has 0 saturated carbocycles. The van der Waals surface area contributed by atoms with Crippen LogP contribution in [-0.4, -0.2) is 98.0 Å². The number of ether oxygens (including phenoxy) is 2. The number of carbonyl (C=O) groups excluding carboxylic acids is 4. The lowest BCUT2D eigenvalue weighted by molar-refractivity contribution is -0.146. The Bertz CT molecular complexity index is 1280. The smallest absolute Gasteiger partial charge is 0.305 e. The highest BCUT2D eigenvalue weighted by Gasteiger charge is 2.17. The van der Waals surface area contributed by atoms with Crippen LogP contribution in [0.25, 0.3) is 0 Å². The lowest BCUT2D eigenvalue weighted by Gasteiger charge is -2.24. The van der Waals surface area contributed by atoms with E-state index in [2.05, 4.69) is 63.3 Å². The van der Waals surface area contributed by atoms with Crippen LogP contribution in [0.3, 0.4) is 0 Å². The third-order valence-corrected chi connectivity index (χ3v) is 17.6. The Labute approximate surface area is 511 Å². The van der Waals surface area contributed by atoms with Gasteiger partial charge in [-0.25, -0.2) is 0 Å². The SMILES string of the molecule is CCCCCCCCC(CCCCCC)COC(=O)CCCCCCCCCN(CCCCCC)C(=O)CCCN(C)CCCC(=O)N(CCCCCC)CCCCCCCCCC(=O)OCC(CCCCCC)CCCCCCCC. The molecule has 0 radical (unpaired) electrons. The quantitative estimate of drug-likeness (QED) is 0.0442. The second kappa shape index (κ2) is 63.3. The number of carbonyl (C=O) groups is 4. The van der Waals surface area contributed by atoms with E-state index >= 15 is 0 Å². The van der Waals surface area contributed by atoms with Crippen molar-refractivity contribution in [3.05, 3.63) is 0 Å². The predicted octanol–water partition coefficient (Wildman–Crippen LogP) is 21.3. The fraction of sp³-hybridized carbons (Fsp3) is 0.945. The van der Waals surface area contributed by atoms with Crippen molar-refractivity contribution in [3.63, 3.8) is 0 Å². The van der Waals surface area contributed by atoms with Gasteiger partial charge in [0, 0.05) is 51.9 Å². The van der Waals surface area contributed by atoms with Gasteiger partial charge in [-0.3, -0.25) is 19.2 Å². The first kappa shape index (κ1) is 79.8. The summed E-state index contributed by atoms with van der Waals surface area (Å²) in [5.41, 5.74) is 0.